The quantitative estimate of drug-likeness (QED) is 0.785. The predicted molar refractivity (Wildman–Crippen MR) is 81.8 cm³/mol. The third kappa shape index (κ3) is 2.66. The molecule has 0 aliphatic carbocycles. The molecule has 5 nitrogen and oxygen atoms in total. The van der Waals surface area contributed by atoms with Gasteiger partial charge in [-0.25, -0.2) is 0 Å². The van der Waals surface area contributed by atoms with Gasteiger partial charge in [-0.2, -0.15) is 0 Å². The van der Waals surface area contributed by atoms with Gasteiger partial charge in [0.1, 0.15) is 0 Å². The van der Waals surface area contributed by atoms with Gasteiger partial charge >= 0.3 is 0 Å². The van der Waals surface area contributed by atoms with Crippen LogP contribution < -0.4 is 5.73 Å². The number of H-pyrrole nitrogens is 1. The molecule has 1 fully saturated rings. The second-order valence-corrected chi connectivity index (χ2v) is 5.68. The van der Waals surface area contributed by atoms with Gasteiger partial charge in [0, 0.05) is 23.6 Å². The van der Waals surface area contributed by atoms with E-state index in [0.29, 0.717) is 13.0 Å². The Bertz CT molecular complexity index is 637. The number of fused-ring (bicyclic) bond motifs is 1. The molecule has 1 aromatic carbocycles. The van der Waals surface area contributed by atoms with Crippen LogP contribution in [0.3, 0.4) is 0 Å². The maximum absolute atomic E-state index is 12.5. The summed E-state index contributed by atoms with van der Waals surface area (Å²) in [6.45, 7) is 0.719. The van der Waals surface area contributed by atoms with Gasteiger partial charge < -0.3 is 20.7 Å². The van der Waals surface area contributed by atoms with E-state index in [-0.39, 0.29) is 18.6 Å². The highest BCUT2D eigenvalue weighted by Gasteiger charge is 2.31. The normalized spacial score (nSPS) is 20.1. The summed E-state index contributed by atoms with van der Waals surface area (Å²) in [5.74, 6) is -0.0585. The highest BCUT2D eigenvalue weighted by molar-refractivity contribution is 5.86. The van der Waals surface area contributed by atoms with Crippen LogP contribution in [0.15, 0.2) is 30.5 Å². The first-order valence-corrected chi connectivity index (χ1v) is 7.42. The van der Waals surface area contributed by atoms with Gasteiger partial charge in [0.25, 0.3) is 0 Å². The minimum atomic E-state index is -0.559. The van der Waals surface area contributed by atoms with Crippen LogP contribution in [0, 0.1) is 0 Å². The molecular formula is C16H21N3O2. The van der Waals surface area contributed by atoms with E-state index in [2.05, 4.69) is 4.98 Å². The average Bonchev–Trinajstić information content (AvgIpc) is 3.13. The lowest BCUT2D eigenvalue weighted by atomic mass is 10.0. The summed E-state index contributed by atoms with van der Waals surface area (Å²) in [6.07, 6.45) is 4.24. The molecule has 5 heteroatoms. The molecule has 2 heterocycles. The van der Waals surface area contributed by atoms with Crippen LogP contribution in [0.1, 0.15) is 18.4 Å². The number of para-hydroxylation sites is 1. The predicted octanol–water partition coefficient (Wildman–Crippen LogP) is 1.02. The zero-order chi connectivity index (χ0) is 14.8. The first-order valence-electron chi connectivity index (χ1n) is 7.42. The van der Waals surface area contributed by atoms with Crippen molar-refractivity contribution in [1.82, 2.24) is 9.88 Å². The van der Waals surface area contributed by atoms with Crippen LogP contribution in [0.5, 0.6) is 0 Å². The number of aliphatic hydroxyl groups excluding tert-OH is 1. The van der Waals surface area contributed by atoms with E-state index >= 15 is 0 Å². The highest BCUT2D eigenvalue weighted by Crippen LogP contribution is 2.21. The Morgan fingerprint density at radius 2 is 2.29 bits per heavy atom. The van der Waals surface area contributed by atoms with Gasteiger partial charge in [0.15, 0.2) is 0 Å². The maximum atomic E-state index is 12.5. The van der Waals surface area contributed by atoms with Crippen molar-refractivity contribution in [3.63, 3.8) is 0 Å². The minimum Gasteiger partial charge on any atom is -0.394 e. The summed E-state index contributed by atoms with van der Waals surface area (Å²) in [5, 5.41) is 10.4. The van der Waals surface area contributed by atoms with E-state index in [9.17, 15) is 9.90 Å². The summed E-state index contributed by atoms with van der Waals surface area (Å²) in [5.41, 5.74) is 8.23. The van der Waals surface area contributed by atoms with Crippen LogP contribution >= 0.6 is 0 Å². The van der Waals surface area contributed by atoms with Crippen LogP contribution in [0.4, 0.5) is 0 Å². The molecule has 0 unspecified atom stereocenters. The number of carbonyl (C=O) groups is 1. The van der Waals surface area contributed by atoms with E-state index in [0.717, 1.165) is 29.3 Å². The SMILES string of the molecule is N[C@@H](Cc1c[nH]c2ccccc12)C(=O)N1CCC[C@H]1CO. The van der Waals surface area contributed by atoms with Crippen molar-refractivity contribution in [2.75, 3.05) is 13.2 Å². The molecule has 0 saturated carbocycles. The lowest BCUT2D eigenvalue weighted by molar-refractivity contribution is -0.134. The molecule has 21 heavy (non-hydrogen) atoms. The van der Waals surface area contributed by atoms with Crippen molar-refractivity contribution < 1.29 is 9.90 Å². The van der Waals surface area contributed by atoms with E-state index in [1.54, 1.807) is 4.90 Å². The van der Waals surface area contributed by atoms with Crippen molar-refractivity contribution in [1.29, 1.82) is 0 Å². The molecule has 2 aromatic rings. The fraction of sp³-hybridized carbons (Fsp3) is 0.438. The van der Waals surface area contributed by atoms with Crippen LogP contribution in [-0.2, 0) is 11.2 Å². The van der Waals surface area contributed by atoms with Gasteiger partial charge in [-0.3, -0.25) is 4.79 Å². The number of hydrogen-bond acceptors (Lipinski definition) is 3. The molecule has 0 radical (unpaired) electrons. The number of nitrogens with one attached hydrogen (secondary N) is 1. The van der Waals surface area contributed by atoms with Gasteiger partial charge in [0.05, 0.1) is 18.7 Å². The average molecular weight is 287 g/mol. The van der Waals surface area contributed by atoms with E-state index in [1.807, 2.05) is 30.5 Å². The van der Waals surface area contributed by atoms with E-state index in [1.165, 1.54) is 0 Å². The molecule has 112 valence electrons. The van der Waals surface area contributed by atoms with Crippen LogP contribution in [0.2, 0.25) is 0 Å². The Hall–Kier alpha value is -1.85. The summed E-state index contributed by atoms with van der Waals surface area (Å²) >= 11 is 0. The number of aliphatic hydroxyl groups is 1. The molecule has 2 atom stereocenters. The number of carbonyl (C=O) groups excluding carboxylic acids is 1. The third-order valence-electron chi connectivity index (χ3n) is 4.30. The summed E-state index contributed by atoms with van der Waals surface area (Å²) in [7, 11) is 0. The number of nitrogens with zero attached hydrogens (tertiary/aromatic N) is 1. The molecular weight excluding hydrogens is 266 g/mol. The Morgan fingerprint density at radius 1 is 1.48 bits per heavy atom. The molecule has 3 rings (SSSR count). The molecule has 1 aliphatic rings. The Kier molecular flexibility index (Phi) is 3.94. The largest absolute Gasteiger partial charge is 0.394 e. The lowest BCUT2D eigenvalue weighted by Gasteiger charge is -2.26. The molecule has 4 N–H and O–H groups in total. The molecule has 1 aliphatic heterocycles. The zero-order valence-corrected chi connectivity index (χ0v) is 12.0. The molecule has 1 aromatic heterocycles. The number of amides is 1. The van der Waals surface area contributed by atoms with Crippen LogP contribution in [-0.4, -0.2) is 46.1 Å². The number of rotatable bonds is 4. The molecule has 1 saturated heterocycles. The summed E-state index contributed by atoms with van der Waals surface area (Å²) in [4.78, 5) is 17.4. The first-order chi connectivity index (χ1) is 10.2. The van der Waals surface area contributed by atoms with Gasteiger partial charge in [0.2, 0.25) is 5.91 Å². The summed E-state index contributed by atoms with van der Waals surface area (Å²) in [6, 6.07) is 7.38. The van der Waals surface area contributed by atoms with Crippen molar-refractivity contribution in [3.05, 3.63) is 36.0 Å². The van der Waals surface area contributed by atoms with Crippen molar-refractivity contribution in [3.8, 4) is 0 Å². The standard InChI is InChI=1S/C16H21N3O2/c17-14(16(21)19-7-3-4-12(19)10-20)8-11-9-18-15-6-2-1-5-13(11)15/h1-2,5-6,9,12,14,18,20H,3-4,7-8,10,17H2/t12-,14-/m0/s1. The van der Waals surface area contributed by atoms with Gasteiger partial charge in [-0.15, -0.1) is 0 Å². The van der Waals surface area contributed by atoms with Crippen LogP contribution in [0.25, 0.3) is 10.9 Å². The van der Waals surface area contributed by atoms with Crippen molar-refractivity contribution >= 4 is 16.8 Å². The van der Waals surface area contributed by atoms with E-state index in [4.69, 9.17) is 5.73 Å². The van der Waals surface area contributed by atoms with Gasteiger partial charge in [-0.1, -0.05) is 18.2 Å². The number of nitrogens with two attached hydrogens (primary N) is 1. The first kappa shape index (κ1) is 14.1. The number of benzene rings is 1. The minimum absolute atomic E-state index is 0.0194. The Morgan fingerprint density at radius 3 is 3.10 bits per heavy atom. The molecule has 1 amide bonds. The Labute approximate surface area is 123 Å². The molecule has 0 spiro atoms. The van der Waals surface area contributed by atoms with E-state index < -0.39 is 6.04 Å². The number of hydrogen-bond donors (Lipinski definition) is 3. The highest BCUT2D eigenvalue weighted by atomic mass is 16.3. The smallest absolute Gasteiger partial charge is 0.240 e. The Balaban J connectivity index is 1.74. The second-order valence-electron chi connectivity index (χ2n) is 5.68. The number of aromatic nitrogens is 1. The summed E-state index contributed by atoms with van der Waals surface area (Å²) < 4.78 is 0. The fourth-order valence-corrected chi connectivity index (χ4v) is 3.15. The van der Waals surface area contributed by atoms with Crippen molar-refractivity contribution in [2.24, 2.45) is 5.73 Å². The topological polar surface area (TPSA) is 82.4 Å². The number of aromatic amines is 1. The fourth-order valence-electron chi connectivity index (χ4n) is 3.15. The monoisotopic (exact) mass is 287 g/mol. The molecule has 0 bridgehead atoms. The third-order valence-corrected chi connectivity index (χ3v) is 4.30. The lowest BCUT2D eigenvalue weighted by Crippen LogP contribution is -2.47. The van der Waals surface area contributed by atoms with Gasteiger partial charge in [-0.05, 0) is 30.9 Å². The zero-order valence-electron chi connectivity index (χ0n) is 12.0. The number of likely N-dealkylation sites (tertiary alicyclic amines) is 1. The second kappa shape index (κ2) is 5.87. The maximum Gasteiger partial charge on any atom is 0.240 e. The van der Waals surface area contributed by atoms with Crippen molar-refractivity contribution in [2.45, 2.75) is 31.3 Å².